The third-order valence-electron chi connectivity index (χ3n) is 1.85. The van der Waals surface area contributed by atoms with E-state index in [-0.39, 0.29) is 4.49 Å². The Morgan fingerprint density at radius 2 is 1.75 bits per heavy atom. The first-order valence-corrected chi connectivity index (χ1v) is 7.33. The molecule has 1 atom stereocenters. The van der Waals surface area contributed by atoms with Crippen LogP contribution in [-0.2, 0) is 9.05 Å². The second kappa shape index (κ2) is 9.49. The Kier molecular flexibility index (Phi) is 9.77. The predicted octanol–water partition coefficient (Wildman–Crippen LogP) is 4.66. The predicted molar refractivity (Wildman–Crippen MR) is 71.6 cm³/mol. The summed E-state index contributed by atoms with van der Waals surface area (Å²) in [6.07, 6.45) is 0.959. The van der Waals surface area contributed by atoms with Crippen LogP contribution in [0.3, 0.4) is 0 Å². The Hall–Kier alpha value is 0.470. The standard InChI is InChI=1S/C10H20Cl2NO2P/c1-5-8-14-16(13(6-2)7-3)15-9(4)10(11)12/h5-8H2,1-4H3. The van der Waals surface area contributed by atoms with Gasteiger partial charge in [-0.15, -0.1) is 0 Å². The first-order chi connectivity index (χ1) is 7.56. The Bertz CT molecular complexity index is 219. The van der Waals surface area contributed by atoms with Gasteiger partial charge in [-0.2, -0.15) is 0 Å². The second-order valence-electron chi connectivity index (χ2n) is 3.12. The Balaban J connectivity index is 4.47. The molecule has 0 aliphatic heterocycles. The fourth-order valence-corrected chi connectivity index (χ4v) is 2.58. The zero-order chi connectivity index (χ0) is 12.6. The van der Waals surface area contributed by atoms with Gasteiger partial charge in [0.2, 0.25) is 0 Å². The van der Waals surface area contributed by atoms with Crippen LogP contribution < -0.4 is 0 Å². The van der Waals surface area contributed by atoms with Crippen LogP contribution in [0, 0.1) is 0 Å². The van der Waals surface area contributed by atoms with E-state index in [0.717, 1.165) is 19.5 Å². The molecule has 0 spiro atoms. The molecule has 96 valence electrons. The highest BCUT2D eigenvalue weighted by atomic mass is 35.5. The van der Waals surface area contributed by atoms with E-state index in [0.29, 0.717) is 12.4 Å². The van der Waals surface area contributed by atoms with E-state index in [1.54, 1.807) is 6.92 Å². The first kappa shape index (κ1) is 16.5. The molecule has 0 aliphatic carbocycles. The van der Waals surface area contributed by atoms with Gasteiger partial charge in [-0.25, -0.2) is 4.67 Å². The van der Waals surface area contributed by atoms with Crippen molar-refractivity contribution in [1.82, 2.24) is 4.67 Å². The molecule has 0 aromatic rings. The highest BCUT2D eigenvalue weighted by Gasteiger charge is 2.20. The van der Waals surface area contributed by atoms with Gasteiger partial charge in [-0.1, -0.05) is 44.0 Å². The van der Waals surface area contributed by atoms with Crippen molar-refractivity contribution in [2.75, 3.05) is 19.7 Å². The molecule has 0 rings (SSSR count). The Morgan fingerprint density at radius 1 is 1.19 bits per heavy atom. The van der Waals surface area contributed by atoms with E-state index in [9.17, 15) is 0 Å². The fraction of sp³-hybridized carbons (Fsp3) is 0.800. The molecule has 6 heteroatoms. The molecule has 0 radical (unpaired) electrons. The number of rotatable bonds is 8. The van der Waals surface area contributed by atoms with Gasteiger partial charge in [0, 0.05) is 13.1 Å². The Labute approximate surface area is 110 Å². The summed E-state index contributed by atoms with van der Waals surface area (Å²) >= 11 is 11.3. The minimum atomic E-state index is -1.10. The van der Waals surface area contributed by atoms with Gasteiger partial charge in [0.05, 0.1) is 6.61 Å². The second-order valence-corrected chi connectivity index (χ2v) is 5.55. The summed E-state index contributed by atoms with van der Waals surface area (Å²) in [7, 11) is -1.10. The van der Waals surface area contributed by atoms with Gasteiger partial charge in [0.25, 0.3) is 0 Å². The van der Waals surface area contributed by atoms with Crippen molar-refractivity contribution in [2.45, 2.75) is 34.1 Å². The van der Waals surface area contributed by atoms with Crippen LogP contribution >= 0.6 is 31.7 Å². The summed E-state index contributed by atoms with van der Waals surface area (Å²) in [5.74, 6) is 0.512. The summed E-state index contributed by atoms with van der Waals surface area (Å²) in [6.45, 7) is 10.4. The fourth-order valence-electron chi connectivity index (χ4n) is 0.941. The third kappa shape index (κ3) is 6.27. The maximum absolute atomic E-state index is 5.67. The molecule has 0 aliphatic rings. The number of hydrogen-bond acceptors (Lipinski definition) is 3. The van der Waals surface area contributed by atoms with Crippen LogP contribution in [-0.4, -0.2) is 24.4 Å². The molecule has 0 bridgehead atoms. The quantitative estimate of drug-likeness (QED) is 0.478. The first-order valence-electron chi connectivity index (χ1n) is 5.44. The average molecular weight is 288 g/mol. The smallest absolute Gasteiger partial charge is 0.320 e. The van der Waals surface area contributed by atoms with Gasteiger partial charge in [-0.3, -0.25) is 0 Å². The molecule has 3 nitrogen and oxygen atoms in total. The van der Waals surface area contributed by atoms with E-state index in [1.807, 2.05) is 0 Å². The summed E-state index contributed by atoms with van der Waals surface area (Å²) in [5, 5.41) is 0. The summed E-state index contributed by atoms with van der Waals surface area (Å²) in [4.78, 5) is 0. The maximum atomic E-state index is 5.67. The normalized spacial score (nSPS) is 12.7. The molecule has 0 amide bonds. The molecule has 0 N–H and O–H groups in total. The van der Waals surface area contributed by atoms with E-state index in [1.165, 1.54) is 0 Å². The van der Waals surface area contributed by atoms with Crippen molar-refractivity contribution in [2.24, 2.45) is 0 Å². The van der Waals surface area contributed by atoms with Crippen LogP contribution in [0.5, 0.6) is 0 Å². The van der Waals surface area contributed by atoms with Gasteiger partial charge in [0.15, 0.2) is 0 Å². The highest BCUT2D eigenvalue weighted by molar-refractivity contribution is 7.44. The van der Waals surface area contributed by atoms with E-state index >= 15 is 0 Å². The minimum absolute atomic E-state index is 0.153. The molecule has 0 aromatic carbocycles. The molecule has 0 heterocycles. The van der Waals surface area contributed by atoms with Crippen molar-refractivity contribution in [1.29, 1.82) is 0 Å². The zero-order valence-electron chi connectivity index (χ0n) is 10.3. The molecule has 0 saturated heterocycles. The molecule has 0 fully saturated rings. The molecular weight excluding hydrogens is 268 g/mol. The summed E-state index contributed by atoms with van der Waals surface area (Å²) in [6, 6.07) is 0. The van der Waals surface area contributed by atoms with Crippen molar-refractivity contribution in [3.05, 3.63) is 10.3 Å². The molecule has 16 heavy (non-hydrogen) atoms. The highest BCUT2D eigenvalue weighted by Crippen LogP contribution is 2.45. The monoisotopic (exact) mass is 287 g/mol. The van der Waals surface area contributed by atoms with E-state index in [2.05, 4.69) is 25.4 Å². The lowest BCUT2D eigenvalue weighted by Crippen LogP contribution is -2.19. The van der Waals surface area contributed by atoms with Crippen molar-refractivity contribution < 1.29 is 9.05 Å². The van der Waals surface area contributed by atoms with Crippen LogP contribution in [0.25, 0.3) is 0 Å². The van der Waals surface area contributed by atoms with Gasteiger partial charge >= 0.3 is 8.53 Å². The summed E-state index contributed by atoms with van der Waals surface area (Å²) in [5.41, 5.74) is 0. The third-order valence-corrected chi connectivity index (χ3v) is 4.24. The van der Waals surface area contributed by atoms with Crippen LogP contribution in [0.15, 0.2) is 10.3 Å². The van der Waals surface area contributed by atoms with Crippen LogP contribution in [0.1, 0.15) is 34.1 Å². The topological polar surface area (TPSA) is 21.7 Å². The molecule has 1 unspecified atom stereocenters. The van der Waals surface area contributed by atoms with Crippen molar-refractivity contribution >= 4 is 31.7 Å². The van der Waals surface area contributed by atoms with Crippen molar-refractivity contribution in [3.63, 3.8) is 0 Å². The molecular formula is C10H20Cl2NO2P. The number of nitrogens with zero attached hydrogens (tertiary/aromatic N) is 1. The van der Waals surface area contributed by atoms with Gasteiger partial charge in [0.1, 0.15) is 10.3 Å². The zero-order valence-corrected chi connectivity index (χ0v) is 12.7. The lowest BCUT2D eigenvalue weighted by Gasteiger charge is -2.27. The summed E-state index contributed by atoms with van der Waals surface area (Å²) < 4.78 is 13.6. The van der Waals surface area contributed by atoms with Gasteiger partial charge < -0.3 is 9.05 Å². The van der Waals surface area contributed by atoms with Crippen LogP contribution in [0.4, 0.5) is 0 Å². The number of hydrogen-bond donors (Lipinski definition) is 0. The number of halogens is 2. The van der Waals surface area contributed by atoms with Gasteiger partial charge in [-0.05, 0) is 13.3 Å². The van der Waals surface area contributed by atoms with E-state index < -0.39 is 8.53 Å². The average Bonchev–Trinajstić information content (AvgIpc) is 2.26. The Morgan fingerprint density at radius 3 is 2.12 bits per heavy atom. The van der Waals surface area contributed by atoms with E-state index in [4.69, 9.17) is 32.2 Å². The van der Waals surface area contributed by atoms with Crippen LogP contribution in [0.2, 0.25) is 0 Å². The SMILES string of the molecule is CCCOP(OC(C)=C(Cl)Cl)N(CC)CC. The molecule has 0 aromatic heterocycles. The van der Waals surface area contributed by atoms with Crippen molar-refractivity contribution in [3.8, 4) is 0 Å². The maximum Gasteiger partial charge on any atom is 0.320 e. The molecule has 0 saturated carbocycles. The minimum Gasteiger partial charge on any atom is -0.438 e. The number of allylic oxidation sites excluding steroid dienone is 1. The lowest BCUT2D eigenvalue weighted by molar-refractivity contribution is 0.241. The lowest BCUT2D eigenvalue weighted by atomic mass is 10.5. The largest absolute Gasteiger partial charge is 0.438 e.